The van der Waals surface area contributed by atoms with Crippen LogP contribution in [0.3, 0.4) is 0 Å². The lowest BCUT2D eigenvalue weighted by molar-refractivity contribution is -0.156. The van der Waals surface area contributed by atoms with Crippen molar-refractivity contribution in [2.75, 3.05) is 0 Å². The molecule has 0 aromatic rings. The predicted molar refractivity (Wildman–Crippen MR) is 101 cm³/mol. The Hall–Kier alpha value is -1.38. The fourth-order valence-corrected chi connectivity index (χ4v) is 7.11. The number of carbonyl (C=O) groups is 2. The van der Waals surface area contributed by atoms with Crippen LogP contribution in [0.4, 0.5) is 0 Å². The van der Waals surface area contributed by atoms with Gasteiger partial charge in [-0.1, -0.05) is 31.6 Å². The molecule has 0 amide bonds. The summed E-state index contributed by atoms with van der Waals surface area (Å²) in [5.41, 5.74) is 1.04. The molecular weight excluding hydrogens is 324 g/mol. The van der Waals surface area contributed by atoms with Crippen LogP contribution in [-0.4, -0.2) is 17.9 Å². The maximum atomic E-state index is 12.5. The third kappa shape index (κ3) is 2.25. The van der Waals surface area contributed by atoms with Gasteiger partial charge in [-0.2, -0.15) is 0 Å². The van der Waals surface area contributed by atoms with Gasteiger partial charge in [0.1, 0.15) is 6.10 Å². The largest absolute Gasteiger partial charge is 0.462 e. The van der Waals surface area contributed by atoms with E-state index in [4.69, 9.17) is 4.74 Å². The SMILES string of the molecule is CC(=O)O[C@H]1CC[C@@H]2[C@@H]3CC=C4C(C)(C)C(=O)C=C[C@]4(C)[C@@H]3CC[C@]12C. The monoisotopic (exact) mass is 356 g/mol. The first-order valence-electron chi connectivity index (χ1n) is 10.2. The number of allylic oxidation sites excluding steroid dienone is 4. The minimum Gasteiger partial charge on any atom is -0.462 e. The Morgan fingerprint density at radius 3 is 2.54 bits per heavy atom. The molecule has 3 heteroatoms. The van der Waals surface area contributed by atoms with Gasteiger partial charge in [0.05, 0.1) is 0 Å². The van der Waals surface area contributed by atoms with Gasteiger partial charge in [0, 0.05) is 23.2 Å². The molecule has 0 radical (unpaired) electrons. The number of ether oxygens (including phenoxy) is 1. The van der Waals surface area contributed by atoms with E-state index in [0.29, 0.717) is 17.8 Å². The summed E-state index contributed by atoms with van der Waals surface area (Å²) in [7, 11) is 0. The predicted octanol–water partition coefficient (Wildman–Crippen LogP) is 4.86. The van der Waals surface area contributed by atoms with Crippen LogP contribution in [0.1, 0.15) is 66.7 Å². The van der Waals surface area contributed by atoms with Crippen molar-refractivity contribution in [1.82, 2.24) is 0 Å². The summed E-state index contributed by atoms with van der Waals surface area (Å²) >= 11 is 0. The number of esters is 1. The maximum absolute atomic E-state index is 12.5. The molecule has 142 valence electrons. The van der Waals surface area contributed by atoms with Crippen LogP contribution in [0.25, 0.3) is 0 Å². The zero-order valence-corrected chi connectivity index (χ0v) is 16.8. The summed E-state index contributed by atoms with van der Waals surface area (Å²) < 4.78 is 5.73. The number of hydrogen-bond acceptors (Lipinski definition) is 3. The summed E-state index contributed by atoms with van der Waals surface area (Å²) in [5, 5.41) is 0. The van der Waals surface area contributed by atoms with Gasteiger partial charge in [0.15, 0.2) is 5.78 Å². The van der Waals surface area contributed by atoms with Gasteiger partial charge < -0.3 is 4.74 Å². The lowest BCUT2D eigenvalue weighted by atomic mass is 9.46. The fraction of sp³-hybridized carbons (Fsp3) is 0.739. The second-order valence-electron chi connectivity index (χ2n) is 10.1. The van der Waals surface area contributed by atoms with E-state index in [1.165, 1.54) is 12.5 Å². The zero-order chi connectivity index (χ0) is 18.9. The highest BCUT2D eigenvalue weighted by molar-refractivity contribution is 5.98. The number of fused-ring (bicyclic) bond motifs is 5. The van der Waals surface area contributed by atoms with E-state index >= 15 is 0 Å². The first-order chi connectivity index (χ1) is 12.1. The molecule has 0 N–H and O–H groups in total. The Morgan fingerprint density at radius 2 is 1.85 bits per heavy atom. The van der Waals surface area contributed by atoms with E-state index in [1.54, 1.807) is 0 Å². The summed E-state index contributed by atoms with van der Waals surface area (Å²) in [4.78, 5) is 24.0. The average Bonchev–Trinajstić information content (AvgIpc) is 2.88. The fourth-order valence-electron chi connectivity index (χ4n) is 7.11. The van der Waals surface area contributed by atoms with Crippen LogP contribution >= 0.6 is 0 Å². The van der Waals surface area contributed by atoms with Crippen LogP contribution in [0.15, 0.2) is 23.8 Å². The molecule has 0 unspecified atom stereocenters. The van der Waals surface area contributed by atoms with Gasteiger partial charge in [0.2, 0.25) is 0 Å². The molecule has 6 atom stereocenters. The van der Waals surface area contributed by atoms with E-state index in [-0.39, 0.29) is 34.1 Å². The van der Waals surface area contributed by atoms with E-state index in [0.717, 1.165) is 32.1 Å². The smallest absolute Gasteiger partial charge is 0.302 e. The van der Waals surface area contributed by atoms with E-state index < -0.39 is 0 Å². The van der Waals surface area contributed by atoms with E-state index in [2.05, 4.69) is 39.8 Å². The Morgan fingerprint density at radius 1 is 1.12 bits per heavy atom. The highest BCUT2D eigenvalue weighted by atomic mass is 16.5. The molecule has 0 bridgehead atoms. The molecule has 0 aliphatic heterocycles. The molecule has 4 aliphatic carbocycles. The van der Waals surface area contributed by atoms with Crippen LogP contribution < -0.4 is 0 Å². The molecule has 4 rings (SSSR count). The second kappa shape index (κ2) is 5.56. The topological polar surface area (TPSA) is 43.4 Å². The third-order valence-corrected chi connectivity index (χ3v) is 8.47. The molecule has 26 heavy (non-hydrogen) atoms. The molecule has 0 aromatic heterocycles. The van der Waals surface area contributed by atoms with Gasteiger partial charge in [-0.15, -0.1) is 0 Å². The average molecular weight is 357 g/mol. The van der Waals surface area contributed by atoms with Crippen molar-refractivity contribution in [3.63, 3.8) is 0 Å². The van der Waals surface area contributed by atoms with Crippen molar-refractivity contribution in [3.05, 3.63) is 23.8 Å². The Kier molecular flexibility index (Phi) is 3.85. The zero-order valence-electron chi connectivity index (χ0n) is 16.8. The molecule has 0 aromatic carbocycles. The van der Waals surface area contributed by atoms with E-state index in [1.807, 2.05) is 6.08 Å². The lowest BCUT2D eigenvalue weighted by Gasteiger charge is -2.58. The molecular formula is C23H32O3. The molecule has 3 nitrogen and oxygen atoms in total. The van der Waals surface area contributed by atoms with Crippen molar-refractivity contribution < 1.29 is 14.3 Å². The summed E-state index contributed by atoms with van der Waals surface area (Å²) in [6.07, 6.45) is 12.0. The Bertz CT molecular complexity index is 715. The van der Waals surface area contributed by atoms with Crippen molar-refractivity contribution in [3.8, 4) is 0 Å². The lowest BCUT2D eigenvalue weighted by Crippen LogP contribution is -2.52. The summed E-state index contributed by atoms with van der Waals surface area (Å²) in [6.45, 7) is 10.4. The standard InChI is InChI=1S/C23H32O3/c1-14(24)26-20-9-7-16-15-6-8-18-21(2,3)19(25)11-13-22(18,4)17(15)10-12-23(16,20)5/h8,11,13,15-17,20H,6-7,9-10,12H2,1-5H3/t15-,16+,17+,20-,22+,23-/m0/s1. The summed E-state index contributed by atoms with van der Waals surface area (Å²) in [6, 6.07) is 0. The van der Waals surface area contributed by atoms with Crippen LogP contribution in [0.5, 0.6) is 0 Å². The first kappa shape index (κ1) is 18.0. The summed E-state index contributed by atoms with van der Waals surface area (Å²) in [5.74, 6) is 1.90. The van der Waals surface area contributed by atoms with Gasteiger partial charge >= 0.3 is 5.97 Å². The molecule has 4 aliphatic rings. The number of rotatable bonds is 1. The minimum absolute atomic E-state index is 0.0127. The number of carbonyl (C=O) groups excluding carboxylic acids is 2. The Labute approximate surface area is 157 Å². The molecule has 2 fully saturated rings. The molecule has 2 saturated carbocycles. The van der Waals surface area contributed by atoms with Crippen molar-refractivity contribution >= 4 is 11.8 Å². The highest BCUT2D eigenvalue weighted by Gasteiger charge is 2.60. The molecule has 0 heterocycles. The number of hydrogen-bond donors (Lipinski definition) is 0. The van der Waals surface area contributed by atoms with E-state index in [9.17, 15) is 9.59 Å². The second-order valence-corrected chi connectivity index (χ2v) is 10.1. The van der Waals surface area contributed by atoms with Crippen molar-refractivity contribution in [2.45, 2.75) is 72.8 Å². The first-order valence-corrected chi connectivity index (χ1v) is 10.2. The van der Waals surface area contributed by atoms with Gasteiger partial charge in [0.25, 0.3) is 0 Å². The van der Waals surface area contributed by atoms with Crippen LogP contribution in [0, 0.1) is 34.0 Å². The molecule has 0 spiro atoms. The number of ketones is 1. The highest BCUT2D eigenvalue weighted by Crippen LogP contribution is 2.65. The molecule has 0 saturated heterocycles. The minimum atomic E-state index is -0.384. The van der Waals surface area contributed by atoms with Crippen LogP contribution in [0.2, 0.25) is 0 Å². The van der Waals surface area contributed by atoms with Crippen LogP contribution in [-0.2, 0) is 14.3 Å². The third-order valence-electron chi connectivity index (χ3n) is 8.47. The maximum Gasteiger partial charge on any atom is 0.302 e. The van der Waals surface area contributed by atoms with Gasteiger partial charge in [-0.3, -0.25) is 9.59 Å². The van der Waals surface area contributed by atoms with Crippen molar-refractivity contribution in [2.24, 2.45) is 34.0 Å². The quantitative estimate of drug-likeness (QED) is 0.498. The normalized spacial score (nSPS) is 46.0. The van der Waals surface area contributed by atoms with Gasteiger partial charge in [-0.05, 0) is 69.8 Å². The van der Waals surface area contributed by atoms with Gasteiger partial charge in [-0.25, -0.2) is 0 Å². The van der Waals surface area contributed by atoms with Crippen molar-refractivity contribution in [1.29, 1.82) is 0 Å². The Balaban J connectivity index is 1.69.